The van der Waals surface area contributed by atoms with Crippen LogP contribution in [0.5, 0.6) is 0 Å². The van der Waals surface area contributed by atoms with Gasteiger partial charge in [0, 0.05) is 0 Å². The smallest absolute Gasteiger partial charge is 1.00 e. The average molecular weight is 226 g/mol. The Kier molecular flexibility index (Phi) is 138. The molecule has 0 spiro atoms. The summed E-state index contributed by atoms with van der Waals surface area (Å²) in [7, 11) is 0. The third-order valence-electron chi connectivity index (χ3n) is 0. The van der Waals surface area contributed by atoms with Crippen molar-refractivity contribution in [3.63, 3.8) is 0 Å². The second-order valence-corrected chi connectivity index (χ2v) is 0.408. The molecular formula is C3H6Br2Mg. The van der Waals surface area contributed by atoms with Crippen LogP contribution in [0.15, 0.2) is 12.7 Å². The number of hydrogen-bond acceptors (Lipinski definition) is 0. The van der Waals surface area contributed by atoms with E-state index in [1.54, 1.807) is 6.08 Å². The summed E-state index contributed by atoms with van der Waals surface area (Å²) in [4.78, 5) is 0. The van der Waals surface area contributed by atoms with Gasteiger partial charge in [0.2, 0.25) is 0 Å². The van der Waals surface area contributed by atoms with Crippen LogP contribution in [-0.4, -0.2) is 23.1 Å². The van der Waals surface area contributed by atoms with Crippen molar-refractivity contribution in [1.29, 1.82) is 0 Å². The van der Waals surface area contributed by atoms with Gasteiger partial charge in [-0.05, 0) is 6.92 Å². The van der Waals surface area contributed by atoms with Crippen LogP contribution in [0, 0.1) is 0 Å². The molecule has 0 aromatic rings. The Morgan fingerprint density at radius 3 is 1.33 bits per heavy atom. The van der Waals surface area contributed by atoms with E-state index in [0.717, 1.165) is 0 Å². The maximum absolute atomic E-state index is 3.36. The zero-order valence-electron chi connectivity index (χ0n) is 3.75. The number of halogens is 2. The van der Waals surface area contributed by atoms with Gasteiger partial charge in [-0.25, -0.2) is 0 Å². The van der Waals surface area contributed by atoms with E-state index in [1.165, 1.54) is 0 Å². The fourth-order valence-corrected chi connectivity index (χ4v) is 0. The molecule has 0 aliphatic heterocycles. The molecule has 0 nitrogen and oxygen atoms in total. The van der Waals surface area contributed by atoms with Crippen LogP contribution >= 0.6 is 0 Å². The molecule has 0 heterocycles. The fraction of sp³-hybridized carbons (Fsp3) is 0.333. The summed E-state index contributed by atoms with van der Waals surface area (Å²) >= 11 is 0. The van der Waals surface area contributed by atoms with Crippen LogP contribution in [-0.2, 0) is 0 Å². The van der Waals surface area contributed by atoms with Crippen LogP contribution in [0.25, 0.3) is 0 Å². The van der Waals surface area contributed by atoms with E-state index in [4.69, 9.17) is 0 Å². The molecule has 0 N–H and O–H groups in total. The third kappa shape index (κ3) is 50.7. The van der Waals surface area contributed by atoms with Gasteiger partial charge in [-0.1, -0.05) is 6.08 Å². The summed E-state index contributed by atoms with van der Waals surface area (Å²) in [6.45, 7) is 5.25. The Bertz CT molecular complexity index is 16.3. The summed E-state index contributed by atoms with van der Waals surface area (Å²) in [5, 5.41) is 0. The molecule has 0 unspecified atom stereocenters. The van der Waals surface area contributed by atoms with Crippen molar-refractivity contribution in [3.05, 3.63) is 12.7 Å². The molecule has 0 aliphatic carbocycles. The van der Waals surface area contributed by atoms with Crippen molar-refractivity contribution < 1.29 is 34.0 Å². The number of hydrogen-bond donors (Lipinski definition) is 0. The second kappa shape index (κ2) is 31.8. The van der Waals surface area contributed by atoms with Gasteiger partial charge in [-0.15, -0.1) is 6.58 Å². The normalized spacial score (nSPS) is 2.17. The molecule has 0 amide bonds. The predicted molar refractivity (Wildman–Crippen MR) is 21.6 cm³/mol. The molecule has 0 atom stereocenters. The van der Waals surface area contributed by atoms with Crippen molar-refractivity contribution in [2.75, 3.05) is 0 Å². The van der Waals surface area contributed by atoms with Gasteiger partial charge in [0.1, 0.15) is 0 Å². The molecule has 0 radical (unpaired) electrons. The van der Waals surface area contributed by atoms with Gasteiger partial charge in [0.25, 0.3) is 0 Å². The van der Waals surface area contributed by atoms with E-state index in [2.05, 4.69) is 6.58 Å². The van der Waals surface area contributed by atoms with Gasteiger partial charge < -0.3 is 34.0 Å². The van der Waals surface area contributed by atoms with E-state index >= 15 is 0 Å². The quantitative estimate of drug-likeness (QED) is 0.286. The molecule has 0 bridgehead atoms. The van der Waals surface area contributed by atoms with Crippen LogP contribution in [0.3, 0.4) is 0 Å². The number of rotatable bonds is 0. The molecule has 0 aromatic carbocycles. The Balaban J connectivity index is -0.00000000667. The molecular weight excluding hydrogens is 220 g/mol. The van der Waals surface area contributed by atoms with E-state index < -0.39 is 0 Å². The van der Waals surface area contributed by atoms with Crippen LogP contribution in [0.2, 0.25) is 0 Å². The van der Waals surface area contributed by atoms with E-state index in [1.807, 2.05) is 6.92 Å². The summed E-state index contributed by atoms with van der Waals surface area (Å²) in [5.74, 6) is 0. The molecule has 0 aromatic heterocycles. The largest absolute Gasteiger partial charge is 2.00 e. The SMILES string of the molecule is C=CC.[Br-].[Br-].[Mg+2]. The van der Waals surface area contributed by atoms with Gasteiger partial charge in [0.05, 0.1) is 0 Å². The zero-order valence-corrected chi connectivity index (χ0v) is 8.33. The third-order valence-corrected chi connectivity index (χ3v) is 0. The van der Waals surface area contributed by atoms with Gasteiger partial charge >= 0.3 is 23.1 Å². The summed E-state index contributed by atoms with van der Waals surface area (Å²) in [6.07, 6.45) is 1.75. The second-order valence-electron chi connectivity index (χ2n) is 0.408. The molecule has 0 aliphatic rings. The van der Waals surface area contributed by atoms with Crippen molar-refractivity contribution in [1.82, 2.24) is 0 Å². The Hall–Kier alpha value is 1.47. The van der Waals surface area contributed by atoms with Crippen LogP contribution < -0.4 is 34.0 Å². The maximum atomic E-state index is 3.36. The molecule has 0 saturated carbocycles. The van der Waals surface area contributed by atoms with Gasteiger partial charge in [-0.2, -0.15) is 0 Å². The van der Waals surface area contributed by atoms with Crippen LogP contribution in [0.1, 0.15) is 6.92 Å². The average Bonchev–Trinajstić information content (AvgIpc) is 0.918. The van der Waals surface area contributed by atoms with E-state index in [9.17, 15) is 0 Å². The monoisotopic (exact) mass is 224 g/mol. The topological polar surface area (TPSA) is 0 Å². The van der Waals surface area contributed by atoms with Gasteiger partial charge in [0.15, 0.2) is 0 Å². The molecule has 0 rings (SSSR count). The maximum Gasteiger partial charge on any atom is 2.00 e. The molecule has 0 saturated heterocycles. The van der Waals surface area contributed by atoms with Gasteiger partial charge in [-0.3, -0.25) is 0 Å². The first-order valence-corrected chi connectivity index (χ1v) is 0.986. The predicted octanol–water partition coefficient (Wildman–Crippen LogP) is -5.18. The minimum atomic E-state index is 0. The minimum absolute atomic E-state index is 0. The number of allylic oxidation sites excluding steroid dienone is 1. The molecule has 34 valence electrons. The Morgan fingerprint density at radius 1 is 1.33 bits per heavy atom. The molecule has 3 heteroatoms. The van der Waals surface area contributed by atoms with Crippen molar-refractivity contribution in [2.24, 2.45) is 0 Å². The first kappa shape index (κ1) is 26.0. The molecule has 6 heavy (non-hydrogen) atoms. The Morgan fingerprint density at radius 2 is 1.33 bits per heavy atom. The molecule has 0 fully saturated rings. The van der Waals surface area contributed by atoms with E-state index in [0.29, 0.717) is 0 Å². The Labute approximate surface area is 76.1 Å². The summed E-state index contributed by atoms with van der Waals surface area (Å²) in [6, 6.07) is 0. The van der Waals surface area contributed by atoms with Crippen molar-refractivity contribution in [2.45, 2.75) is 6.92 Å². The summed E-state index contributed by atoms with van der Waals surface area (Å²) < 4.78 is 0. The summed E-state index contributed by atoms with van der Waals surface area (Å²) in [5.41, 5.74) is 0. The first-order valence-electron chi connectivity index (χ1n) is 0.986. The van der Waals surface area contributed by atoms with Crippen molar-refractivity contribution >= 4 is 23.1 Å². The van der Waals surface area contributed by atoms with Crippen LogP contribution in [0.4, 0.5) is 0 Å². The first-order chi connectivity index (χ1) is 1.41. The van der Waals surface area contributed by atoms with E-state index in [-0.39, 0.29) is 57.0 Å². The standard InChI is InChI=1S/C3H6.2BrH.Mg/c1-3-2;;;/h3H,1H2,2H3;2*1H;/q;;;+2/p-2. The van der Waals surface area contributed by atoms with Crippen molar-refractivity contribution in [3.8, 4) is 0 Å². The minimum Gasteiger partial charge on any atom is -1.00 e. The fourth-order valence-electron chi connectivity index (χ4n) is 0. The zero-order chi connectivity index (χ0) is 2.71.